The van der Waals surface area contributed by atoms with Crippen molar-refractivity contribution in [3.8, 4) is 5.75 Å². The van der Waals surface area contributed by atoms with Gasteiger partial charge in [-0.15, -0.1) is 0 Å². The summed E-state index contributed by atoms with van der Waals surface area (Å²) in [5.74, 6) is -2.46. The first-order chi connectivity index (χ1) is 9.51. The van der Waals surface area contributed by atoms with Gasteiger partial charge in [0.1, 0.15) is 23.2 Å². The van der Waals surface area contributed by atoms with Gasteiger partial charge in [0.05, 0.1) is 12.7 Å². The Balaban J connectivity index is 2.26. The molecule has 0 aromatic heterocycles. The molecule has 0 fully saturated rings. The van der Waals surface area contributed by atoms with Gasteiger partial charge in [-0.1, -0.05) is 0 Å². The molecule has 0 aliphatic rings. The Bertz CT molecular complexity index is 654. The van der Waals surface area contributed by atoms with Gasteiger partial charge < -0.3 is 4.74 Å². The van der Waals surface area contributed by atoms with Gasteiger partial charge in [-0.3, -0.25) is 4.79 Å². The van der Waals surface area contributed by atoms with Crippen molar-refractivity contribution in [3.05, 3.63) is 65.0 Å². The van der Waals surface area contributed by atoms with E-state index in [1.165, 1.54) is 19.2 Å². The van der Waals surface area contributed by atoms with Crippen LogP contribution < -0.4 is 4.74 Å². The van der Waals surface area contributed by atoms with Crippen molar-refractivity contribution in [1.29, 1.82) is 0 Å². The second-order valence-electron chi connectivity index (χ2n) is 4.18. The highest BCUT2D eigenvalue weighted by molar-refractivity contribution is 5.97. The number of benzene rings is 2. The van der Waals surface area contributed by atoms with E-state index in [0.29, 0.717) is 0 Å². The van der Waals surface area contributed by atoms with Crippen LogP contribution in [0.4, 0.5) is 13.2 Å². The topological polar surface area (TPSA) is 26.3 Å². The Morgan fingerprint density at radius 3 is 2.45 bits per heavy atom. The summed E-state index contributed by atoms with van der Waals surface area (Å²) in [7, 11) is 1.37. The summed E-state index contributed by atoms with van der Waals surface area (Å²) in [5, 5.41) is 0. The first-order valence-corrected chi connectivity index (χ1v) is 5.82. The second kappa shape index (κ2) is 5.77. The summed E-state index contributed by atoms with van der Waals surface area (Å²) >= 11 is 0. The maximum absolute atomic E-state index is 13.7. The number of Topliss-reactive ketones (excluding diaryl/α,β-unsaturated/α-hetero) is 1. The molecule has 0 N–H and O–H groups in total. The molecule has 2 rings (SSSR count). The van der Waals surface area contributed by atoms with Crippen LogP contribution in [0.2, 0.25) is 0 Å². The average molecular weight is 280 g/mol. The van der Waals surface area contributed by atoms with E-state index in [0.717, 1.165) is 24.3 Å². The van der Waals surface area contributed by atoms with Crippen LogP contribution in [-0.2, 0) is 6.42 Å². The molecule has 20 heavy (non-hydrogen) atoms. The lowest BCUT2D eigenvalue weighted by Gasteiger charge is -2.06. The molecule has 2 nitrogen and oxygen atoms in total. The Hall–Kier alpha value is -2.30. The van der Waals surface area contributed by atoms with Crippen LogP contribution in [0.25, 0.3) is 0 Å². The third-order valence-corrected chi connectivity index (χ3v) is 2.84. The summed E-state index contributed by atoms with van der Waals surface area (Å²) in [6, 6.07) is 6.56. The number of ketones is 1. The van der Waals surface area contributed by atoms with Crippen LogP contribution in [0, 0.1) is 17.5 Å². The van der Waals surface area contributed by atoms with E-state index in [-0.39, 0.29) is 16.9 Å². The third kappa shape index (κ3) is 2.99. The Kier molecular flexibility index (Phi) is 4.08. The van der Waals surface area contributed by atoms with Crippen molar-refractivity contribution in [2.75, 3.05) is 7.11 Å². The van der Waals surface area contributed by atoms with Crippen LogP contribution in [-0.4, -0.2) is 12.9 Å². The van der Waals surface area contributed by atoms with Gasteiger partial charge >= 0.3 is 0 Å². The van der Waals surface area contributed by atoms with E-state index in [4.69, 9.17) is 4.74 Å². The van der Waals surface area contributed by atoms with Gasteiger partial charge in [0.25, 0.3) is 0 Å². The second-order valence-corrected chi connectivity index (χ2v) is 4.18. The van der Waals surface area contributed by atoms with E-state index in [2.05, 4.69) is 0 Å². The standard InChI is InChI=1S/C15H11F3O2/c1-20-11-3-4-12(14(18)8-11)15(19)7-9-6-10(16)2-5-13(9)17/h2-6,8H,7H2,1H3. The first-order valence-electron chi connectivity index (χ1n) is 5.82. The van der Waals surface area contributed by atoms with Gasteiger partial charge in [0.15, 0.2) is 5.78 Å². The fourth-order valence-electron chi connectivity index (χ4n) is 1.80. The number of hydrogen-bond donors (Lipinski definition) is 0. The highest BCUT2D eigenvalue weighted by Crippen LogP contribution is 2.19. The SMILES string of the molecule is COc1ccc(C(=O)Cc2cc(F)ccc2F)c(F)c1. The number of methoxy groups -OCH3 is 1. The number of carbonyl (C=O) groups excluding carboxylic acids is 1. The zero-order valence-corrected chi connectivity index (χ0v) is 10.6. The smallest absolute Gasteiger partial charge is 0.170 e. The molecule has 2 aromatic carbocycles. The summed E-state index contributed by atoms with van der Waals surface area (Å²) in [6.45, 7) is 0. The van der Waals surface area contributed by atoms with Gasteiger partial charge in [-0.25, -0.2) is 13.2 Å². The monoisotopic (exact) mass is 280 g/mol. The molecule has 2 aromatic rings. The first kappa shape index (κ1) is 14.1. The number of ether oxygens (including phenoxy) is 1. The largest absolute Gasteiger partial charge is 0.497 e. The molecule has 0 heterocycles. The maximum atomic E-state index is 13.7. The lowest BCUT2D eigenvalue weighted by Crippen LogP contribution is -2.08. The Morgan fingerprint density at radius 1 is 1.05 bits per heavy atom. The molecule has 0 saturated heterocycles. The zero-order valence-electron chi connectivity index (χ0n) is 10.6. The van der Waals surface area contributed by atoms with E-state index in [1.807, 2.05) is 0 Å². The number of rotatable bonds is 4. The van der Waals surface area contributed by atoms with Gasteiger partial charge in [-0.2, -0.15) is 0 Å². The van der Waals surface area contributed by atoms with Crippen LogP contribution in [0.5, 0.6) is 5.75 Å². The minimum atomic E-state index is -0.758. The predicted octanol–water partition coefficient (Wildman–Crippen LogP) is 3.54. The summed E-state index contributed by atoms with van der Waals surface area (Å²) in [6.07, 6.45) is -0.410. The number of carbonyl (C=O) groups is 1. The van der Waals surface area contributed by atoms with Crippen molar-refractivity contribution in [2.24, 2.45) is 0 Å². The molecule has 0 spiro atoms. The molecule has 0 aliphatic heterocycles. The molecular weight excluding hydrogens is 269 g/mol. The maximum Gasteiger partial charge on any atom is 0.170 e. The van der Waals surface area contributed by atoms with Gasteiger partial charge in [0.2, 0.25) is 0 Å². The summed E-state index contributed by atoms with van der Waals surface area (Å²) < 4.78 is 45.0. The molecule has 5 heteroatoms. The molecule has 0 bridgehead atoms. The molecule has 0 unspecified atom stereocenters. The van der Waals surface area contributed by atoms with E-state index < -0.39 is 29.7 Å². The Morgan fingerprint density at radius 2 is 1.80 bits per heavy atom. The van der Waals surface area contributed by atoms with E-state index >= 15 is 0 Å². The van der Waals surface area contributed by atoms with E-state index in [9.17, 15) is 18.0 Å². The van der Waals surface area contributed by atoms with Crippen molar-refractivity contribution >= 4 is 5.78 Å². The minimum Gasteiger partial charge on any atom is -0.497 e. The van der Waals surface area contributed by atoms with Crippen molar-refractivity contribution in [1.82, 2.24) is 0 Å². The quantitative estimate of drug-likeness (QED) is 0.801. The molecule has 0 saturated carbocycles. The van der Waals surface area contributed by atoms with E-state index in [1.54, 1.807) is 0 Å². The molecule has 0 radical (unpaired) electrons. The van der Waals surface area contributed by atoms with Crippen LogP contribution in [0.15, 0.2) is 36.4 Å². The Labute approximate surface area is 113 Å². The molecule has 0 atom stereocenters. The molecular formula is C15H11F3O2. The highest BCUT2D eigenvalue weighted by atomic mass is 19.1. The predicted molar refractivity (Wildman–Crippen MR) is 67.3 cm³/mol. The average Bonchev–Trinajstić information content (AvgIpc) is 2.42. The molecule has 0 aliphatic carbocycles. The third-order valence-electron chi connectivity index (χ3n) is 2.84. The fraction of sp³-hybridized carbons (Fsp3) is 0.133. The zero-order chi connectivity index (χ0) is 14.7. The van der Waals surface area contributed by atoms with Crippen LogP contribution in [0.1, 0.15) is 15.9 Å². The highest BCUT2D eigenvalue weighted by Gasteiger charge is 2.15. The minimum absolute atomic E-state index is 0.106. The number of hydrogen-bond acceptors (Lipinski definition) is 2. The van der Waals surface area contributed by atoms with Crippen molar-refractivity contribution in [2.45, 2.75) is 6.42 Å². The van der Waals surface area contributed by atoms with Gasteiger partial charge in [0, 0.05) is 12.5 Å². The summed E-state index contributed by atoms with van der Waals surface area (Å²) in [5.41, 5.74) is -0.292. The lowest BCUT2D eigenvalue weighted by molar-refractivity contribution is 0.0988. The fourth-order valence-corrected chi connectivity index (χ4v) is 1.80. The molecule has 0 amide bonds. The number of halogens is 3. The van der Waals surface area contributed by atoms with Crippen LogP contribution >= 0.6 is 0 Å². The lowest BCUT2D eigenvalue weighted by atomic mass is 10.0. The van der Waals surface area contributed by atoms with Gasteiger partial charge in [-0.05, 0) is 35.9 Å². The van der Waals surface area contributed by atoms with Crippen LogP contribution in [0.3, 0.4) is 0 Å². The molecule has 104 valence electrons. The normalized spacial score (nSPS) is 10.4. The summed E-state index contributed by atoms with van der Waals surface area (Å²) in [4.78, 5) is 11.9. The van der Waals surface area contributed by atoms with Crippen molar-refractivity contribution in [3.63, 3.8) is 0 Å². The van der Waals surface area contributed by atoms with Crippen molar-refractivity contribution < 1.29 is 22.7 Å².